The molecule has 0 spiro atoms. The first-order valence-corrected chi connectivity index (χ1v) is 8.21. The van der Waals surface area contributed by atoms with Crippen LogP contribution < -0.4 is 10.2 Å². The van der Waals surface area contributed by atoms with Gasteiger partial charge in [0.25, 0.3) is 11.8 Å². The number of thiocarbonyl (C=S) groups is 1. The Labute approximate surface area is 158 Å². The molecule has 1 saturated heterocycles. The van der Waals surface area contributed by atoms with Crippen LogP contribution >= 0.6 is 12.2 Å². The molecule has 0 saturated carbocycles. The fourth-order valence-corrected chi connectivity index (χ4v) is 2.72. The Hall–Kier alpha value is -3.14. The summed E-state index contributed by atoms with van der Waals surface area (Å²) in [4.78, 5) is 47.6. The lowest BCUT2D eigenvalue weighted by atomic mass is 9.97. The van der Waals surface area contributed by atoms with Crippen molar-refractivity contribution in [3.8, 4) is 0 Å². The van der Waals surface area contributed by atoms with Gasteiger partial charge in [0, 0.05) is 6.42 Å². The molecule has 0 aromatic heterocycles. The lowest BCUT2D eigenvalue weighted by Gasteiger charge is -2.29. The minimum atomic E-state index is -1.23. The summed E-state index contributed by atoms with van der Waals surface area (Å²) in [5, 5.41) is 20.0. The molecule has 10 heteroatoms. The zero-order valence-electron chi connectivity index (χ0n) is 13.8. The van der Waals surface area contributed by atoms with Gasteiger partial charge in [-0.1, -0.05) is 6.08 Å². The molecule has 142 valence electrons. The van der Waals surface area contributed by atoms with Crippen LogP contribution in [0.2, 0.25) is 0 Å². The Bertz CT molecular complexity index is 836. The van der Waals surface area contributed by atoms with E-state index in [-0.39, 0.29) is 35.6 Å². The minimum Gasteiger partial charge on any atom is -0.481 e. The smallest absolute Gasteiger partial charge is 0.306 e. The third-order valence-corrected chi connectivity index (χ3v) is 4.13. The molecule has 0 radical (unpaired) electrons. The summed E-state index contributed by atoms with van der Waals surface area (Å²) in [6, 6.07) is 4.86. The predicted molar refractivity (Wildman–Crippen MR) is 95.3 cm³/mol. The first-order chi connectivity index (χ1) is 12.7. The van der Waals surface area contributed by atoms with Crippen LogP contribution in [0, 0.1) is 11.7 Å². The van der Waals surface area contributed by atoms with Gasteiger partial charge >= 0.3 is 11.9 Å². The van der Waals surface area contributed by atoms with E-state index in [1.165, 1.54) is 12.1 Å². The first kappa shape index (κ1) is 20.2. The maximum Gasteiger partial charge on any atom is 0.306 e. The Morgan fingerprint density at radius 3 is 2.41 bits per heavy atom. The van der Waals surface area contributed by atoms with Gasteiger partial charge in [-0.2, -0.15) is 0 Å². The summed E-state index contributed by atoms with van der Waals surface area (Å²) in [5.41, 5.74) is -0.0903. The van der Waals surface area contributed by atoms with E-state index >= 15 is 0 Å². The lowest BCUT2D eigenvalue weighted by molar-refractivity contribution is -0.143. The van der Waals surface area contributed by atoms with Gasteiger partial charge in [0.15, 0.2) is 5.11 Å². The van der Waals surface area contributed by atoms with Crippen LogP contribution in [0.5, 0.6) is 0 Å². The molecule has 2 amide bonds. The molecule has 1 aromatic rings. The normalized spacial score (nSPS) is 17.0. The van der Waals surface area contributed by atoms with E-state index in [0.29, 0.717) is 0 Å². The van der Waals surface area contributed by atoms with E-state index < -0.39 is 35.5 Å². The molecule has 8 nitrogen and oxygen atoms in total. The van der Waals surface area contributed by atoms with Crippen molar-refractivity contribution in [2.45, 2.75) is 19.3 Å². The average molecular weight is 394 g/mol. The molecule has 1 aliphatic heterocycles. The number of rotatable bonds is 7. The lowest BCUT2D eigenvalue weighted by Crippen LogP contribution is -2.54. The molecule has 1 unspecified atom stereocenters. The standard InChI is InChI=1S/C17H15FN2O6S/c18-10-3-5-11(6-4-10)20-15(24)12(14(23)19-17(20)27)7-1-9(16(25)26)2-8-13(21)22/h3-7,9H,1-2,8H2,(H,21,22)(H,25,26)(H,19,23,27)/b12-7+. The molecule has 2 rings (SSSR count). The van der Waals surface area contributed by atoms with Crippen LogP contribution in [0.4, 0.5) is 10.1 Å². The number of allylic oxidation sites excluding steroid dienone is 1. The molecule has 0 aliphatic carbocycles. The monoisotopic (exact) mass is 394 g/mol. The van der Waals surface area contributed by atoms with Crippen molar-refractivity contribution in [2.24, 2.45) is 5.92 Å². The summed E-state index contributed by atoms with van der Waals surface area (Å²) in [7, 11) is 0. The molecule has 1 fully saturated rings. The van der Waals surface area contributed by atoms with E-state index in [2.05, 4.69) is 5.32 Å². The van der Waals surface area contributed by atoms with Gasteiger partial charge in [-0.15, -0.1) is 0 Å². The van der Waals surface area contributed by atoms with Crippen molar-refractivity contribution in [2.75, 3.05) is 4.90 Å². The third kappa shape index (κ3) is 4.94. The quantitative estimate of drug-likeness (QED) is 0.363. The van der Waals surface area contributed by atoms with Crippen molar-refractivity contribution in [3.05, 3.63) is 41.7 Å². The van der Waals surface area contributed by atoms with Gasteiger partial charge in [0.05, 0.1) is 11.6 Å². The van der Waals surface area contributed by atoms with Crippen molar-refractivity contribution < 1.29 is 33.8 Å². The second-order valence-electron chi connectivity index (χ2n) is 5.70. The number of aliphatic carboxylic acids is 2. The van der Waals surface area contributed by atoms with Crippen LogP contribution in [0.1, 0.15) is 19.3 Å². The second-order valence-corrected chi connectivity index (χ2v) is 6.08. The molecule has 1 heterocycles. The predicted octanol–water partition coefficient (Wildman–Crippen LogP) is 1.46. The summed E-state index contributed by atoms with van der Waals surface area (Å²) in [6.45, 7) is 0. The van der Waals surface area contributed by atoms with E-state index in [1.54, 1.807) is 0 Å². The number of carbonyl (C=O) groups excluding carboxylic acids is 2. The largest absolute Gasteiger partial charge is 0.481 e. The highest BCUT2D eigenvalue weighted by atomic mass is 32.1. The van der Waals surface area contributed by atoms with E-state index in [0.717, 1.165) is 23.1 Å². The van der Waals surface area contributed by atoms with Crippen LogP contribution in [-0.2, 0) is 19.2 Å². The highest BCUT2D eigenvalue weighted by Crippen LogP contribution is 2.22. The van der Waals surface area contributed by atoms with Crippen LogP contribution in [-0.4, -0.2) is 39.1 Å². The maximum atomic E-state index is 13.1. The topological polar surface area (TPSA) is 124 Å². The van der Waals surface area contributed by atoms with Gasteiger partial charge in [0.1, 0.15) is 11.4 Å². The van der Waals surface area contributed by atoms with Gasteiger partial charge in [0.2, 0.25) is 0 Å². The van der Waals surface area contributed by atoms with Gasteiger partial charge in [-0.05, 0) is 49.3 Å². The van der Waals surface area contributed by atoms with Crippen molar-refractivity contribution >= 4 is 46.8 Å². The molecule has 27 heavy (non-hydrogen) atoms. The number of hydrogen-bond acceptors (Lipinski definition) is 5. The Kier molecular flexibility index (Phi) is 6.35. The zero-order valence-corrected chi connectivity index (χ0v) is 14.7. The number of anilines is 1. The second kappa shape index (κ2) is 8.49. The van der Waals surface area contributed by atoms with Gasteiger partial charge < -0.3 is 10.2 Å². The molecule has 1 atom stereocenters. The van der Waals surface area contributed by atoms with Gasteiger partial charge in [-0.3, -0.25) is 29.4 Å². The van der Waals surface area contributed by atoms with Crippen molar-refractivity contribution in [3.63, 3.8) is 0 Å². The highest BCUT2D eigenvalue weighted by Gasteiger charge is 2.34. The van der Waals surface area contributed by atoms with Crippen LogP contribution in [0.25, 0.3) is 0 Å². The number of carbonyl (C=O) groups is 4. The zero-order chi connectivity index (χ0) is 20.1. The number of benzene rings is 1. The Morgan fingerprint density at radius 2 is 1.85 bits per heavy atom. The van der Waals surface area contributed by atoms with Gasteiger partial charge in [-0.25, -0.2) is 4.39 Å². The third-order valence-electron chi connectivity index (χ3n) is 3.85. The summed E-state index contributed by atoms with van der Waals surface area (Å²) in [5.74, 6) is -5.53. The average Bonchev–Trinajstić information content (AvgIpc) is 2.58. The maximum absolute atomic E-state index is 13.1. The fraction of sp³-hybridized carbons (Fsp3) is 0.235. The van der Waals surface area contributed by atoms with E-state index in [4.69, 9.17) is 17.3 Å². The SMILES string of the molecule is O=C(O)CCC(C/C=C1\C(=O)NC(=S)N(c2ccc(F)cc2)C1=O)C(=O)O. The number of hydrogen-bond donors (Lipinski definition) is 3. The fourth-order valence-electron chi connectivity index (χ4n) is 2.43. The Morgan fingerprint density at radius 1 is 1.22 bits per heavy atom. The number of halogens is 1. The van der Waals surface area contributed by atoms with Crippen LogP contribution in [0.3, 0.4) is 0 Å². The number of carboxylic acids is 2. The summed E-state index contributed by atoms with van der Waals surface area (Å²) >= 11 is 4.99. The van der Waals surface area contributed by atoms with Crippen molar-refractivity contribution in [1.82, 2.24) is 5.32 Å². The first-order valence-electron chi connectivity index (χ1n) is 7.80. The molecule has 0 bridgehead atoms. The molecular weight excluding hydrogens is 379 g/mol. The van der Waals surface area contributed by atoms with E-state index in [9.17, 15) is 28.7 Å². The number of amides is 2. The molecular formula is C17H15FN2O6S. The highest BCUT2D eigenvalue weighted by molar-refractivity contribution is 7.80. The van der Waals surface area contributed by atoms with Crippen molar-refractivity contribution in [1.29, 1.82) is 0 Å². The molecule has 1 aliphatic rings. The summed E-state index contributed by atoms with van der Waals surface area (Å²) in [6.07, 6.45) is 0.439. The number of nitrogens with one attached hydrogen (secondary N) is 1. The molecule has 1 aromatic carbocycles. The Balaban J connectivity index is 2.24. The van der Waals surface area contributed by atoms with Crippen LogP contribution in [0.15, 0.2) is 35.9 Å². The number of carboxylic acid groups (broad SMARTS) is 2. The van der Waals surface area contributed by atoms with E-state index in [1.807, 2.05) is 0 Å². The molecule has 3 N–H and O–H groups in total. The summed E-state index contributed by atoms with van der Waals surface area (Å²) < 4.78 is 13.1. The minimum absolute atomic E-state index is 0.148. The number of nitrogens with zero attached hydrogens (tertiary/aromatic N) is 1.